The van der Waals surface area contributed by atoms with Crippen LogP contribution in [-0.2, 0) is 0 Å². The standard InChI is InChI=1S/C14H10BrClN4S/c1-8-6-10(15)12(7-11(8)16)20-13(18-19-14(20)21)9-2-4-17-5-3-9/h2-7H,1H3,(H,19,21). The summed E-state index contributed by atoms with van der Waals surface area (Å²) >= 11 is 15.2. The summed E-state index contributed by atoms with van der Waals surface area (Å²) in [5.41, 5.74) is 2.75. The molecule has 0 unspecified atom stereocenters. The molecule has 0 spiro atoms. The fourth-order valence-electron chi connectivity index (χ4n) is 2.02. The van der Waals surface area contributed by atoms with E-state index in [2.05, 4.69) is 31.1 Å². The fourth-order valence-corrected chi connectivity index (χ4v) is 3.05. The SMILES string of the molecule is Cc1cc(Br)c(-n2c(-c3ccncc3)n[nH]c2=S)cc1Cl. The maximum atomic E-state index is 6.24. The molecule has 3 rings (SSSR count). The van der Waals surface area contributed by atoms with Crippen LogP contribution in [0.4, 0.5) is 0 Å². The third kappa shape index (κ3) is 2.66. The van der Waals surface area contributed by atoms with Gasteiger partial charge in [-0.3, -0.25) is 14.6 Å². The van der Waals surface area contributed by atoms with Crippen LogP contribution in [0, 0.1) is 11.7 Å². The predicted molar refractivity (Wildman–Crippen MR) is 89.4 cm³/mol. The Kier molecular flexibility index (Phi) is 3.93. The number of rotatable bonds is 2. The molecule has 7 heteroatoms. The Bertz CT molecular complexity index is 857. The first kappa shape index (κ1) is 14.4. The lowest BCUT2D eigenvalue weighted by Crippen LogP contribution is -1.99. The Morgan fingerprint density at radius 3 is 2.71 bits per heavy atom. The Morgan fingerprint density at radius 1 is 1.29 bits per heavy atom. The van der Waals surface area contributed by atoms with Gasteiger partial charge in [0, 0.05) is 27.5 Å². The van der Waals surface area contributed by atoms with E-state index >= 15 is 0 Å². The third-order valence-corrected chi connectivity index (χ3v) is 4.40. The van der Waals surface area contributed by atoms with Gasteiger partial charge in [-0.15, -0.1) is 0 Å². The molecule has 0 aliphatic carbocycles. The van der Waals surface area contributed by atoms with Crippen molar-refractivity contribution in [1.82, 2.24) is 19.7 Å². The van der Waals surface area contributed by atoms with Crippen LogP contribution in [0.2, 0.25) is 5.02 Å². The molecule has 0 atom stereocenters. The molecule has 2 aromatic heterocycles. The lowest BCUT2D eigenvalue weighted by atomic mass is 10.2. The van der Waals surface area contributed by atoms with Gasteiger partial charge in [0.25, 0.3) is 0 Å². The number of hydrogen-bond donors (Lipinski definition) is 1. The van der Waals surface area contributed by atoms with Crippen LogP contribution >= 0.6 is 39.7 Å². The van der Waals surface area contributed by atoms with Gasteiger partial charge in [0.1, 0.15) is 0 Å². The normalized spacial score (nSPS) is 10.8. The summed E-state index contributed by atoms with van der Waals surface area (Å²) in [6, 6.07) is 7.59. The smallest absolute Gasteiger partial charge is 0.200 e. The first-order valence-electron chi connectivity index (χ1n) is 6.12. The first-order chi connectivity index (χ1) is 10.1. The van der Waals surface area contributed by atoms with Gasteiger partial charge in [0.15, 0.2) is 10.6 Å². The van der Waals surface area contributed by atoms with Crippen LogP contribution in [0.15, 0.2) is 41.1 Å². The summed E-state index contributed by atoms with van der Waals surface area (Å²) in [5, 5.41) is 7.81. The van der Waals surface area contributed by atoms with Crippen molar-refractivity contribution in [2.75, 3.05) is 0 Å². The van der Waals surface area contributed by atoms with Crippen molar-refractivity contribution in [2.24, 2.45) is 0 Å². The number of nitrogens with zero attached hydrogens (tertiary/aromatic N) is 3. The van der Waals surface area contributed by atoms with Gasteiger partial charge >= 0.3 is 0 Å². The van der Waals surface area contributed by atoms with E-state index in [9.17, 15) is 0 Å². The Labute approximate surface area is 139 Å². The van der Waals surface area contributed by atoms with Gasteiger partial charge in [-0.1, -0.05) is 11.6 Å². The molecule has 0 saturated carbocycles. The summed E-state index contributed by atoms with van der Waals surface area (Å²) in [6.07, 6.45) is 3.43. The maximum Gasteiger partial charge on any atom is 0.200 e. The van der Waals surface area contributed by atoms with E-state index in [-0.39, 0.29) is 0 Å². The molecule has 0 fully saturated rings. The molecule has 21 heavy (non-hydrogen) atoms. The van der Waals surface area contributed by atoms with Crippen LogP contribution in [0.25, 0.3) is 17.1 Å². The van der Waals surface area contributed by atoms with Crippen LogP contribution in [-0.4, -0.2) is 19.7 Å². The van der Waals surface area contributed by atoms with Gasteiger partial charge in [0.05, 0.1) is 5.69 Å². The summed E-state index contributed by atoms with van der Waals surface area (Å²) in [7, 11) is 0. The highest BCUT2D eigenvalue weighted by Crippen LogP contribution is 2.31. The van der Waals surface area contributed by atoms with Crippen molar-refractivity contribution in [3.63, 3.8) is 0 Å². The minimum absolute atomic E-state index is 0.502. The molecular weight excluding hydrogens is 372 g/mol. The summed E-state index contributed by atoms with van der Waals surface area (Å²) < 4.78 is 3.25. The molecular formula is C14H10BrClN4S. The van der Waals surface area contributed by atoms with Gasteiger partial charge in [-0.25, -0.2) is 0 Å². The van der Waals surface area contributed by atoms with Crippen molar-refractivity contribution in [3.8, 4) is 17.1 Å². The third-order valence-electron chi connectivity index (χ3n) is 3.08. The minimum Gasteiger partial charge on any atom is -0.267 e. The highest BCUT2D eigenvalue weighted by molar-refractivity contribution is 9.10. The number of halogens is 2. The van der Waals surface area contributed by atoms with E-state index in [0.29, 0.717) is 15.6 Å². The zero-order valence-corrected chi connectivity index (χ0v) is 14.1. The number of aromatic nitrogens is 4. The Hall–Kier alpha value is -1.50. The van der Waals surface area contributed by atoms with E-state index in [1.54, 1.807) is 12.4 Å². The van der Waals surface area contributed by atoms with E-state index in [0.717, 1.165) is 21.3 Å². The number of benzene rings is 1. The van der Waals surface area contributed by atoms with Crippen molar-refractivity contribution < 1.29 is 0 Å². The maximum absolute atomic E-state index is 6.24. The predicted octanol–water partition coefficient (Wildman–Crippen LogP) is 4.72. The molecule has 0 bridgehead atoms. The van der Waals surface area contributed by atoms with Gasteiger partial charge in [-0.05, 0) is 64.9 Å². The second kappa shape index (κ2) is 5.71. The number of hydrogen-bond acceptors (Lipinski definition) is 3. The molecule has 0 aliphatic rings. The average Bonchev–Trinajstić information content (AvgIpc) is 2.85. The largest absolute Gasteiger partial charge is 0.267 e. The number of aryl methyl sites for hydroxylation is 1. The van der Waals surface area contributed by atoms with Crippen molar-refractivity contribution in [1.29, 1.82) is 0 Å². The number of aromatic amines is 1. The average molecular weight is 382 g/mol. The van der Waals surface area contributed by atoms with Gasteiger partial charge in [-0.2, -0.15) is 5.10 Å². The quantitative estimate of drug-likeness (QED) is 0.654. The van der Waals surface area contributed by atoms with E-state index in [1.807, 2.05) is 35.8 Å². The first-order valence-corrected chi connectivity index (χ1v) is 7.69. The Balaban J connectivity index is 2.27. The van der Waals surface area contributed by atoms with E-state index < -0.39 is 0 Å². The minimum atomic E-state index is 0.502. The lowest BCUT2D eigenvalue weighted by molar-refractivity contribution is 1.03. The highest BCUT2D eigenvalue weighted by Gasteiger charge is 2.14. The zero-order chi connectivity index (χ0) is 15.0. The highest BCUT2D eigenvalue weighted by atomic mass is 79.9. The fraction of sp³-hybridized carbons (Fsp3) is 0.0714. The van der Waals surface area contributed by atoms with Crippen molar-refractivity contribution in [2.45, 2.75) is 6.92 Å². The van der Waals surface area contributed by atoms with Crippen molar-refractivity contribution >= 4 is 39.7 Å². The van der Waals surface area contributed by atoms with Crippen LogP contribution in [0.5, 0.6) is 0 Å². The number of nitrogens with one attached hydrogen (secondary N) is 1. The van der Waals surface area contributed by atoms with Crippen LogP contribution < -0.4 is 0 Å². The lowest BCUT2D eigenvalue weighted by Gasteiger charge is -2.11. The Morgan fingerprint density at radius 2 is 2.00 bits per heavy atom. The van der Waals surface area contributed by atoms with E-state index in [1.165, 1.54) is 0 Å². The van der Waals surface area contributed by atoms with Crippen LogP contribution in [0.1, 0.15) is 5.56 Å². The second-order valence-electron chi connectivity index (χ2n) is 4.48. The molecule has 0 saturated heterocycles. The molecule has 1 N–H and O–H groups in total. The molecule has 3 aromatic rings. The molecule has 0 radical (unpaired) electrons. The molecule has 2 heterocycles. The zero-order valence-electron chi connectivity index (χ0n) is 11.0. The molecule has 0 amide bonds. The van der Waals surface area contributed by atoms with Gasteiger partial charge < -0.3 is 0 Å². The second-order valence-corrected chi connectivity index (χ2v) is 6.12. The molecule has 0 aliphatic heterocycles. The van der Waals surface area contributed by atoms with E-state index in [4.69, 9.17) is 23.8 Å². The molecule has 4 nitrogen and oxygen atoms in total. The summed E-state index contributed by atoms with van der Waals surface area (Å²) in [6.45, 7) is 1.95. The summed E-state index contributed by atoms with van der Waals surface area (Å²) in [5.74, 6) is 0.711. The monoisotopic (exact) mass is 380 g/mol. The molecule has 1 aromatic carbocycles. The number of pyridine rings is 1. The van der Waals surface area contributed by atoms with Gasteiger partial charge in [0.2, 0.25) is 0 Å². The summed E-state index contributed by atoms with van der Waals surface area (Å²) in [4.78, 5) is 4.02. The topological polar surface area (TPSA) is 46.5 Å². The molecule has 106 valence electrons. The van der Waals surface area contributed by atoms with Crippen molar-refractivity contribution in [3.05, 3.63) is 56.5 Å². The number of H-pyrrole nitrogens is 1. The van der Waals surface area contributed by atoms with Crippen LogP contribution in [0.3, 0.4) is 0 Å².